The van der Waals surface area contributed by atoms with Crippen molar-refractivity contribution in [1.82, 2.24) is 0 Å². The Kier molecular flexibility index (Phi) is 9.64. The van der Waals surface area contributed by atoms with Crippen LogP contribution in [0, 0.1) is 0 Å². The third kappa shape index (κ3) is 7.12. The summed E-state index contributed by atoms with van der Waals surface area (Å²) in [5.41, 5.74) is 2.18. The Morgan fingerprint density at radius 1 is 0.630 bits per heavy atom. The summed E-state index contributed by atoms with van der Waals surface area (Å²) in [5, 5.41) is 49.3. The zero-order valence-corrected chi connectivity index (χ0v) is 16.5. The Morgan fingerprint density at radius 3 is 1.48 bits per heavy atom. The van der Waals surface area contributed by atoms with Gasteiger partial charge in [-0.25, -0.2) is 0 Å². The van der Waals surface area contributed by atoms with Crippen LogP contribution < -0.4 is 0 Å². The van der Waals surface area contributed by atoms with Gasteiger partial charge in [-0.1, -0.05) is 60.7 Å². The molecule has 7 heteroatoms. The smallest absolute Gasteiger partial charge is 0.111 e. The lowest BCUT2D eigenvalue weighted by Gasteiger charge is -2.30. The van der Waals surface area contributed by atoms with Gasteiger partial charge in [-0.05, 0) is 11.1 Å². The van der Waals surface area contributed by atoms with E-state index in [9.17, 15) is 20.4 Å². The molecule has 0 saturated heterocycles. The van der Waals surface area contributed by atoms with E-state index in [2.05, 4.69) is 0 Å². The fourth-order valence-corrected chi connectivity index (χ4v) is 5.06. The van der Waals surface area contributed by atoms with Gasteiger partial charge in [0.05, 0.1) is 11.2 Å². The summed E-state index contributed by atoms with van der Waals surface area (Å²) in [6.45, 7) is -0.691. The van der Waals surface area contributed by atoms with Crippen molar-refractivity contribution in [2.24, 2.45) is 0 Å². The van der Waals surface area contributed by atoms with Crippen LogP contribution in [0.1, 0.15) is 11.1 Å². The second-order valence-electron chi connectivity index (χ2n) is 6.18. The highest BCUT2D eigenvalue weighted by Gasteiger charge is 2.35. The lowest BCUT2D eigenvalue weighted by molar-refractivity contribution is -0.111. The van der Waals surface area contributed by atoms with Crippen molar-refractivity contribution in [3.8, 4) is 0 Å². The summed E-state index contributed by atoms with van der Waals surface area (Å²) in [5.74, 6) is 1.27. The molecule has 0 heterocycles. The van der Waals surface area contributed by atoms with E-state index < -0.39 is 35.6 Å². The zero-order chi connectivity index (χ0) is 19.6. The van der Waals surface area contributed by atoms with Gasteiger partial charge in [0.1, 0.15) is 24.4 Å². The number of aliphatic hydroxyl groups excluding tert-OH is 5. The minimum absolute atomic E-state index is 0.430. The summed E-state index contributed by atoms with van der Waals surface area (Å²) >= 11 is 2.93. The molecule has 5 nitrogen and oxygen atoms in total. The van der Waals surface area contributed by atoms with E-state index in [1.165, 1.54) is 23.5 Å². The van der Waals surface area contributed by atoms with Gasteiger partial charge in [0.15, 0.2) is 0 Å². The topological polar surface area (TPSA) is 101 Å². The van der Waals surface area contributed by atoms with Crippen molar-refractivity contribution in [1.29, 1.82) is 0 Å². The van der Waals surface area contributed by atoms with E-state index in [4.69, 9.17) is 5.11 Å². The fraction of sp³-hybridized carbons (Fsp3) is 0.400. The third-order valence-corrected chi connectivity index (χ3v) is 7.11. The average molecular weight is 411 g/mol. The second kappa shape index (κ2) is 11.7. The molecule has 0 amide bonds. The number of thioether (sulfide) groups is 2. The van der Waals surface area contributed by atoms with Crippen LogP contribution in [-0.4, -0.2) is 61.1 Å². The zero-order valence-electron chi connectivity index (χ0n) is 14.8. The quantitative estimate of drug-likeness (QED) is 0.359. The van der Waals surface area contributed by atoms with Crippen LogP contribution in [0.25, 0.3) is 0 Å². The summed E-state index contributed by atoms with van der Waals surface area (Å²) in [4.78, 5) is 0. The molecular formula is C20H26O5S2. The van der Waals surface area contributed by atoms with Crippen LogP contribution in [0.15, 0.2) is 60.7 Å². The minimum Gasteiger partial charge on any atom is -0.394 e. The van der Waals surface area contributed by atoms with E-state index in [-0.39, 0.29) is 0 Å². The Hall–Kier alpha value is -1.06. The number of hydrogen-bond acceptors (Lipinski definition) is 7. The fourth-order valence-electron chi connectivity index (χ4n) is 2.45. The first-order chi connectivity index (χ1) is 13.0. The van der Waals surface area contributed by atoms with E-state index >= 15 is 0 Å². The largest absolute Gasteiger partial charge is 0.394 e. The maximum absolute atomic E-state index is 10.6. The van der Waals surface area contributed by atoms with Gasteiger partial charge in [-0.15, -0.1) is 23.5 Å². The van der Waals surface area contributed by atoms with Crippen LogP contribution in [-0.2, 0) is 11.5 Å². The molecule has 2 aromatic rings. The molecule has 5 N–H and O–H groups in total. The third-order valence-electron chi connectivity index (χ3n) is 4.07. The first-order valence-corrected chi connectivity index (χ1v) is 10.8. The van der Waals surface area contributed by atoms with Gasteiger partial charge in [-0.3, -0.25) is 0 Å². The van der Waals surface area contributed by atoms with Gasteiger partial charge >= 0.3 is 0 Å². The van der Waals surface area contributed by atoms with E-state index in [0.717, 1.165) is 11.1 Å². The summed E-state index contributed by atoms with van der Waals surface area (Å²) in [6.07, 6.45) is -5.97. The molecule has 0 fully saturated rings. The van der Waals surface area contributed by atoms with Gasteiger partial charge in [0, 0.05) is 11.5 Å². The van der Waals surface area contributed by atoms with Crippen molar-refractivity contribution in [2.45, 2.75) is 40.5 Å². The highest BCUT2D eigenvalue weighted by molar-refractivity contribution is 8.16. The second-order valence-corrected chi connectivity index (χ2v) is 8.74. The van der Waals surface area contributed by atoms with Crippen molar-refractivity contribution >= 4 is 23.5 Å². The maximum Gasteiger partial charge on any atom is 0.111 e. The maximum atomic E-state index is 10.6. The molecule has 4 atom stereocenters. The normalized spacial score (nSPS) is 16.1. The number of benzene rings is 2. The molecule has 2 rings (SSSR count). The van der Waals surface area contributed by atoms with E-state index in [1.54, 1.807) is 0 Å². The molecule has 27 heavy (non-hydrogen) atoms. The van der Waals surface area contributed by atoms with Gasteiger partial charge in [0.2, 0.25) is 0 Å². The van der Waals surface area contributed by atoms with Gasteiger partial charge < -0.3 is 25.5 Å². The average Bonchev–Trinajstić information content (AvgIpc) is 2.73. The Balaban J connectivity index is 2.04. The highest BCUT2D eigenvalue weighted by Crippen LogP contribution is 2.34. The lowest BCUT2D eigenvalue weighted by Crippen LogP contribution is -2.48. The molecular weight excluding hydrogens is 384 g/mol. The molecule has 148 valence electrons. The number of aliphatic hydroxyl groups is 5. The number of rotatable bonds is 11. The summed E-state index contributed by atoms with van der Waals surface area (Å²) < 4.78 is -0.430. The van der Waals surface area contributed by atoms with Crippen LogP contribution in [0.4, 0.5) is 0 Å². The van der Waals surface area contributed by atoms with Crippen LogP contribution in [0.3, 0.4) is 0 Å². The van der Waals surface area contributed by atoms with Crippen LogP contribution >= 0.6 is 23.5 Å². The minimum atomic E-state index is -1.62. The van der Waals surface area contributed by atoms with Crippen LogP contribution in [0.5, 0.6) is 0 Å². The number of hydrogen-bond donors (Lipinski definition) is 5. The van der Waals surface area contributed by atoms with Crippen molar-refractivity contribution in [3.05, 3.63) is 71.8 Å². The van der Waals surface area contributed by atoms with E-state index in [0.29, 0.717) is 11.5 Å². The standard InChI is InChI=1S/C20H26O5S2/c21-11-16(22)17(23)18(24)19(25)20(26-12-14-7-3-1-4-8-14)27-13-15-9-5-2-6-10-15/h1-10,16-25H,11-13H2/t16-,17-,18-,19-/m0/s1. The predicted octanol–water partition coefficient (Wildman–Crippen LogP) is 1.62. The molecule has 0 aliphatic heterocycles. The predicted molar refractivity (Wildman–Crippen MR) is 110 cm³/mol. The molecule has 0 aliphatic carbocycles. The van der Waals surface area contributed by atoms with Crippen molar-refractivity contribution in [3.63, 3.8) is 0 Å². The molecule has 0 unspecified atom stereocenters. The Bertz CT molecular complexity index is 600. The highest BCUT2D eigenvalue weighted by atomic mass is 32.2. The summed E-state index contributed by atoms with van der Waals surface area (Å²) in [7, 11) is 0. The molecule has 0 radical (unpaired) electrons. The van der Waals surface area contributed by atoms with Gasteiger partial charge in [0.25, 0.3) is 0 Å². The van der Waals surface area contributed by atoms with Crippen molar-refractivity contribution < 1.29 is 25.5 Å². The molecule has 0 aromatic heterocycles. The van der Waals surface area contributed by atoms with E-state index in [1.807, 2.05) is 60.7 Å². The summed E-state index contributed by atoms with van der Waals surface area (Å²) in [6, 6.07) is 19.6. The molecule has 0 bridgehead atoms. The molecule has 0 spiro atoms. The van der Waals surface area contributed by atoms with Crippen molar-refractivity contribution in [2.75, 3.05) is 6.61 Å². The SMILES string of the molecule is OC[C@H](O)[C@H](O)[C@H](O)[C@H](O)C(SCc1ccccc1)SCc1ccccc1. The molecule has 0 aliphatic rings. The first-order valence-electron chi connectivity index (χ1n) is 8.67. The lowest BCUT2D eigenvalue weighted by atomic mass is 10.0. The Labute approximate surface area is 168 Å². The van der Waals surface area contributed by atoms with Gasteiger partial charge in [-0.2, -0.15) is 0 Å². The monoisotopic (exact) mass is 410 g/mol. The Morgan fingerprint density at radius 2 is 1.07 bits per heavy atom. The molecule has 2 aromatic carbocycles. The molecule has 0 saturated carbocycles. The van der Waals surface area contributed by atoms with Crippen LogP contribution in [0.2, 0.25) is 0 Å². The first kappa shape index (κ1) is 22.2.